The Hall–Kier alpha value is -0.986. The van der Waals surface area contributed by atoms with Crippen LogP contribution in [-0.4, -0.2) is 29.7 Å². The van der Waals surface area contributed by atoms with Crippen molar-refractivity contribution in [2.45, 2.75) is 77.8 Å². The molecular weight excluding hydrogens is 396 g/mol. The predicted octanol–water partition coefficient (Wildman–Crippen LogP) is 6.89. The van der Waals surface area contributed by atoms with Crippen LogP contribution in [0.1, 0.15) is 51.9 Å². The highest BCUT2D eigenvalue weighted by Crippen LogP contribution is 2.44. The molecule has 7 heteroatoms. The summed E-state index contributed by atoms with van der Waals surface area (Å²) in [5.41, 5.74) is 0.379. The molecule has 0 aliphatic rings. The summed E-state index contributed by atoms with van der Waals surface area (Å²) >= 11 is 6.50. The summed E-state index contributed by atoms with van der Waals surface area (Å²) in [4.78, 5) is 12.7. The van der Waals surface area contributed by atoms with Crippen molar-refractivity contribution >= 4 is 34.2 Å². The van der Waals surface area contributed by atoms with Gasteiger partial charge >= 0.3 is 5.97 Å². The molecule has 0 aromatic heterocycles. The summed E-state index contributed by atoms with van der Waals surface area (Å²) in [5, 5.41) is 0.310. The molecule has 0 N–H and O–H groups in total. The monoisotopic (exact) mass is 430 g/mol. The maximum Gasteiger partial charge on any atom is 0.325 e. The second kappa shape index (κ2) is 7.80. The summed E-state index contributed by atoms with van der Waals surface area (Å²) in [6.45, 7) is 21.1. The minimum atomic E-state index is -2.23. The van der Waals surface area contributed by atoms with E-state index in [0.29, 0.717) is 22.1 Å². The van der Waals surface area contributed by atoms with Crippen LogP contribution >= 0.6 is 11.6 Å². The van der Waals surface area contributed by atoms with Crippen molar-refractivity contribution in [1.29, 1.82) is 0 Å². The van der Waals surface area contributed by atoms with Gasteiger partial charge < -0.3 is 13.6 Å². The smallest absolute Gasteiger partial charge is 0.325 e. The first kappa shape index (κ1) is 24.1. The van der Waals surface area contributed by atoms with Gasteiger partial charge in [0.1, 0.15) is 0 Å². The zero-order valence-corrected chi connectivity index (χ0v) is 21.4. The Morgan fingerprint density at radius 3 is 1.81 bits per heavy atom. The Morgan fingerprint density at radius 2 is 1.41 bits per heavy atom. The Morgan fingerprint density at radius 1 is 0.926 bits per heavy atom. The summed E-state index contributed by atoms with van der Waals surface area (Å²) < 4.78 is 17.7. The van der Waals surface area contributed by atoms with Crippen molar-refractivity contribution in [3.05, 3.63) is 22.7 Å². The van der Waals surface area contributed by atoms with E-state index in [1.54, 1.807) is 19.2 Å². The minimum absolute atomic E-state index is 0.0152. The van der Waals surface area contributed by atoms with E-state index < -0.39 is 16.6 Å². The molecule has 0 radical (unpaired) electrons. The molecule has 1 aromatic carbocycles. The van der Waals surface area contributed by atoms with Gasteiger partial charge in [-0.1, -0.05) is 53.1 Å². The number of hydrogen-bond donors (Lipinski definition) is 0. The van der Waals surface area contributed by atoms with Gasteiger partial charge in [-0.05, 0) is 48.4 Å². The highest BCUT2D eigenvalue weighted by molar-refractivity contribution is 6.75. The lowest BCUT2D eigenvalue weighted by Gasteiger charge is -2.37. The fourth-order valence-corrected chi connectivity index (χ4v) is 4.02. The van der Waals surface area contributed by atoms with E-state index in [1.807, 2.05) is 13.1 Å². The van der Waals surface area contributed by atoms with Crippen LogP contribution in [0.3, 0.4) is 0 Å². The molecule has 154 valence electrons. The van der Waals surface area contributed by atoms with E-state index in [4.69, 9.17) is 25.2 Å². The Labute approximate surface area is 171 Å². The molecule has 0 heterocycles. The van der Waals surface area contributed by atoms with E-state index in [2.05, 4.69) is 54.6 Å². The number of rotatable bonds is 5. The molecule has 0 saturated heterocycles. The zero-order valence-electron chi connectivity index (χ0n) is 18.7. The molecule has 0 aliphatic heterocycles. The van der Waals surface area contributed by atoms with Crippen molar-refractivity contribution < 1.29 is 18.4 Å². The van der Waals surface area contributed by atoms with E-state index in [0.717, 1.165) is 0 Å². The second-order valence-electron chi connectivity index (χ2n) is 10.0. The van der Waals surface area contributed by atoms with E-state index >= 15 is 0 Å². The van der Waals surface area contributed by atoms with E-state index in [9.17, 15) is 4.79 Å². The van der Waals surface area contributed by atoms with Gasteiger partial charge in [0.05, 0.1) is 17.7 Å². The van der Waals surface area contributed by atoms with Gasteiger partial charge in [-0.15, -0.1) is 0 Å². The lowest BCUT2D eigenvalue weighted by atomic mass is 10.2. The third kappa shape index (κ3) is 5.51. The molecule has 0 saturated carbocycles. The van der Waals surface area contributed by atoms with Crippen molar-refractivity contribution in [3.63, 3.8) is 0 Å². The number of hydrogen-bond acceptors (Lipinski definition) is 4. The molecule has 0 bridgehead atoms. The number of ether oxygens (including phenoxy) is 1. The third-order valence-electron chi connectivity index (χ3n) is 5.78. The first-order chi connectivity index (χ1) is 11.9. The molecule has 1 rings (SSSR count). The maximum atomic E-state index is 12.7. The summed E-state index contributed by atoms with van der Waals surface area (Å²) in [6, 6.07) is 3.27. The SMILES string of the molecule is COc1cc(C(=O)O[Si](C)(C)C(C)(C)C)cc(Cl)c1O[Si](C)(C)C(C)(C)C. The van der Waals surface area contributed by atoms with Crippen LogP contribution in [-0.2, 0) is 4.43 Å². The fraction of sp³-hybridized carbons (Fsp3) is 0.650. The standard InChI is InChI=1S/C20H35ClO4Si2/c1-19(2,3)26(8,9)24-17-15(21)12-14(13-16(17)23-7)18(22)25-27(10,11)20(4,5)6/h12-13H,1-11H3. The predicted molar refractivity (Wildman–Crippen MR) is 118 cm³/mol. The van der Waals surface area contributed by atoms with E-state index in [1.165, 1.54) is 0 Å². The molecule has 0 spiro atoms. The molecule has 0 aliphatic carbocycles. The van der Waals surface area contributed by atoms with Crippen LogP contribution in [0.2, 0.25) is 41.3 Å². The third-order valence-corrected chi connectivity index (χ3v) is 14.7. The van der Waals surface area contributed by atoms with Crippen molar-refractivity contribution in [2.24, 2.45) is 0 Å². The summed E-state index contributed by atoms with van der Waals surface area (Å²) in [7, 11) is -2.79. The zero-order chi connectivity index (χ0) is 21.4. The van der Waals surface area contributed by atoms with Crippen LogP contribution in [0, 0.1) is 0 Å². The van der Waals surface area contributed by atoms with Gasteiger partial charge in [-0.2, -0.15) is 0 Å². The topological polar surface area (TPSA) is 44.8 Å². The van der Waals surface area contributed by atoms with Gasteiger partial charge in [0.25, 0.3) is 16.6 Å². The highest BCUT2D eigenvalue weighted by Gasteiger charge is 2.42. The lowest BCUT2D eigenvalue weighted by molar-refractivity contribution is 0.0712. The molecule has 1 aromatic rings. The van der Waals surface area contributed by atoms with Gasteiger partial charge in [0.15, 0.2) is 11.5 Å². The van der Waals surface area contributed by atoms with Crippen LogP contribution in [0.5, 0.6) is 11.5 Å². The van der Waals surface area contributed by atoms with Crippen LogP contribution in [0.15, 0.2) is 12.1 Å². The van der Waals surface area contributed by atoms with Crippen LogP contribution in [0.4, 0.5) is 0 Å². The van der Waals surface area contributed by atoms with Crippen molar-refractivity contribution in [3.8, 4) is 11.5 Å². The van der Waals surface area contributed by atoms with Gasteiger partial charge in [0.2, 0.25) is 0 Å². The lowest BCUT2D eigenvalue weighted by Crippen LogP contribution is -2.44. The number of carbonyl (C=O) groups excluding carboxylic acids is 1. The Balaban J connectivity index is 3.26. The average Bonchev–Trinajstić information content (AvgIpc) is 2.45. The molecule has 0 fully saturated rings. The highest BCUT2D eigenvalue weighted by atomic mass is 35.5. The first-order valence-corrected chi connectivity index (χ1v) is 15.4. The number of methoxy groups -OCH3 is 1. The number of benzene rings is 1. The maximum absolute atomic E-state index is 12.7. The van der Waals surface area contributed by atoms with E-state index in [-0.39, 0.29) is 16.0 Å². The van der Waals surface area contributed by atoms with Gasteiger partial charge in [-0.3, -0.25) is 0 Å². The Kier molecular flexibility index (Phi) is 6.95. The number of carbonyl (C=O) groups is 1. The summed E-state index contributed by atoms with van der Waals surface area (Å²) in [6.07, 6.45) is 0. The quantitative estimate of drug-likeness (QED) is 0.476. The van der Waals surface area contributed by atoms with Crippen molar-refractivity contribution in [1.82, 2.24) is 0 Å². The van der Waals surface area contributed by atoms with Gasteiger partial charge in [-0.25, -0.2) is 4.79 Å². The van der Waals surface area contributed by atoms with Gasteiger partial charge in [0, 0.05) is 0 Å². The molecule has 4 nitrogen and oxygen atoms in total. The molecule has 0 unspecified atom stereocenters. The van der Waals surface area contributed by atoms with Crippen molar-refractivity contribution in [2.75, 3.05) is 7.11 Å². The molecule has 27 heavy (non-hydrogen) atoms. The molecular formula is C20H35ClO4Si2. The first-order valence-electron chi connectivity index (χ1n) is 9.23. The average molecular weight is 431 g/mol. The summed E-state index contributed by atoms with van der Waals surface area (Å²) in [5.74, 6) is 0.574. The normalized spacial score (nSPS) is 13.3. The largest absolute Gasteiger partial charge is 0.540 e. The fourth-order valence-electron chi connectivity index (χ4n) is 1.79. The number of halogens is 1. The second-order valence-corrected chi connectivity index (χ2v) is 19.9. The minimum Gasteiger partial charge on any atom is -0.540 e. The van der Waals surface area contributed by atoms with Crippen LogP contribution in [0.25, 0.3) is 0 Å². The molecule has 0 amide bonds. The van der Waals surface area contributed by atoms with Crippen LogP contribution < -0.4 is 9.16 Å². The Bertz CT molecular complexity index is 701. The molecule has 0 atom stereocenters.